The zero-order chi connectivity index (χ0) is 24.3. The first-order chi connectivity index (χ1) is 15.0. The van der Waals surface area contributed by atoms with Crippen LogP contribution in [0.1, 0.15) is 53.0 Å². The summed E-state index contributed by atoms with van der Waals surface area (Å²) >= 11 is 1.11. The number of thioether (sulfide) groups is 1. The fourth-order valence-corrected chi connectivity index (χ4v) is 4.10. The molecule has 3 atom stereocenters. The summed E-state index contributed by atoms with van der Waals surface area (Å²) in [5, 5.41) is 5.53. The lowest BCUT2D eigenvalue weighted by Gasteiger charge is -2.25. The van der Waals surface area contributed by atoms with Crippen molar-refractivity contribution in [3.05, 3.63) is 35.9 Å². The second-order valence-corrected chi connectivity index (χ2v) is 10.2. The van der Waals surface area contributed by atoms with Gasteiger partial charge in [0.1, 0.15) is 12.1 Å². The Morgan fingerprint density at radius 2 is 1.44 bits per heavy atom. The minimum absolute atomic E-state index is 0.0527. The topological polar surface area (TPSA) is 118 Å². The third-order valence-corrected chi connectivity index (χ3v) is 5.87. The molecule has 0 aliphatic heterocycles. The predicted octanol–water partition coefficient (Wildman–Crippen LogP) is 2.67. The molecule has 1 unspecified atom stereocenters. The van der Waals surface area contributed by atoms with Crippen LogP contribution >= 0.6 is 11.8 Å². The average molecular weight is 464 g/mol. The van der Waals surface area contributed by atoms with Crippen molar-refractivity contribution >= 4 is 34.6 Å². The first-order valence-electron chi connectivity index (χ1n) is 11.1. The first-order valence-corrected chi connectivity index (χ1v) is 12.1. The lowest BCUT2D eigenvalue weighted by molar-refractivity contribution is -0.132. The molecular formula is C24H37N3O4S. The smallest absolute Gasteiger partial charge is 0.243 e. The van der Waals surface area contributed by atoms with E-state index in [2.05, 4.69) is 10.6 Å². The van der Waals surface area contributed by atoms with Crippen LogP contribution in [0.4, 0.5) is 0 Å². The van der Waals surface area contributed by atoms with Gasteiger partial charge in [0.2, 0.25) is 17.7 Å². The van der Waals surface area contributed by atoms with Crippen LogP contribution in [-0.2, 0) is 25.6 Å². The van der Waals surface area contributed by atoms with Gasteiger partial charge in [0, 0.05) is 25.0 Å². The quantitative estimate of drug-likeness (QED) is 0.416. The molecule has 1 aromatic rings. The molecule has 0 radical (unpaired) electrons. The summed E-state index contributed by atoms with van der Waals surface area (Å²) in [5.41, 5.74) is 6.36. The summed E-state index contributed by atoms with van der Waals surface area (Å²) in [6, 6.07) is 7.69. The number of carbonyl (C=O) groups is 4. The molecule has 0 heterocycles. The van der Waals surface area contributed by atoms with Gasteiger partial charge in [0.25, 0.3) is 0 Å². The maximum atomic E-state index is 13.1. The third kappa shape index (κ3) is 10.8. The number of nitrogens with two attached hydrogens (primary N) is 1. The number of amides is 3. The molecule has 0 aliphatic rings. The molecule has 4 N–H and O–H groups in total. The average Bonchev–Trinajstić information content (AvgIpc) is 2.69. The summed E-state index contributed by atoms with van der Waals surface area (Å²) in [6.45, 7) is 9.37. The Bertz CT molecular complexity index is 768. The largest absolute Gasteiger partial charge is 0.368 e. The van der Waals surface area contributed by atoms with Crippen LogP contribution in [-0.4, -0.2) is 40.7 Å². The molecule has 0 bridgehead atoms. The summed E-state index contributed by atoms with van der Waals surface area (Å²) in [7, 11) is 0. The van der Waals surface area contributed by atoms with E-state index < -0.39 is 29.8 Å². The minimum atomic E-state index is -0.865. The Kier molecular flexibility index (Phi) is 12.1. The second-order valence-electron chi connectivity index (χ2n) is 8.97. The lowest BCUT2D eigenvalue weighted by atomic mass is 9.96. The van der Waals surface area contributed by atoms with Gasteiger partial charge in [-0.1, -0.05) is 69.8 Å². The van der Waals surface area contributed by atoms with E-state index in [1.54, 1.807) is 0 Å². The Balaban J connectivity index is 3.05. The van der Waals surface area contributed by atoms with E-state index in [1.807, 2.05) is 58.0 Å². The SMILES string of the molecule is CC(=O)SCC(CC(C)C)C(=O)N[C@@H](Cc1ccccc1)C(=O)N[C@@H](CC(C)C)C(N)=O. The molecule has 3 amide bonds. The van der Waals surface area contributed by atoms with Crippen LogP contribution in [0.25, 0.3) is 0 Å². The van der Waals surface area contributed by atoms with Gasteiger partial charge < -0.3 is 16.4 Å². The molecule has 0 saturated heterocycles. The maximum absolute atomic E-state index is 13.1. The fourth-order valence-electron chi connectivity index (χ4n) is 3.38. The van der Waals surface area contributed by atoms with Crippen molar-refractivity contribution in [3.63, 3.8) is 0 Å². The van der Waals surface area contributed by atoms with E-state index >= 15 is 0 Å². The highest BCUT2D eigenvalue weighted by molar-refractivity contribution is 8.13. The zero-order valence-electron chi connectivity index (χ0n) is 19.7. The van der Waals surface area contributed by atoms with E-state index in [-0.39, 0.29) is 29.3 Å². The van der Waals surface area contributed by atoms with E-state index in [4.69, 9.17) is 5.73 Å². The molecule has 8 heteroatoms. The lowest BCUT2D eigenvalue weighted by Crippen LogP contribution is -2.55. The molecule has 0 aliphatic carbocycles. The zero-order valence-corrected chi connectivity index (χ0v) is 20.5. The number of benzene rings is 1. The van der Waals surface area contributed by atoms with Crippen molar-refractivity contribution < 1.29 is 19.2 Å². The van der Waals surface area contributed by atoms with Gasteiger partial charge in [-0.2, -0.15) is 0 Å². The van der Waals surface area contributed by atoms with Crippen molar-refractivity contribution in [2.45, 2.75) is 66.0 Å². The highest BCUT2D eigenvalue weighted by atomic mass is 32.2. The third-order valence-electron chi connectivity index (χ3n) is 4.90. The first kappa shape index (κ1) is 27.7. The van der Waals surface area contributed by atoms with Crippen molar-refractivity contribution in [3.8, 4) is 0 Å². The van der Waals surface area contributed by atoms with Gasteiger partial charge in [0.05, 0.1) is 0 Å². The maximum Gasteiger partial charge on any atom is 0.243 e. The monoisotopic (exact) mass is 463 g/mol. The minimum Gasteiger partial charge on any atom is -0.368 e. The fraction of sp³-hybridized carbons (Fsp3) is 0.583. The van der Waals surface area contributed by atoms with E-state index in [9.17, 15) is 19.2 Å². The van der Waals surface area contributed by atoms with Crippen LogP contribution in [0.3, 0.4) is 0 Å². The molecule has 1 aromatic carbocycles. The number of primary amides is 1. The summed E-state index contributed by atoms with van der Waals surface area (Å²) in [6.07, 6.45) is 1.29. The second kappa shape index (κ2) is 13.9. The summed E-state index contributed by atoms with van der Waals surface area (Å²) < 4.78 is 0. The molecule has 0 aromatic heterocycles. The van der Waals surface area contributed by atoms with Crippen LogP contribution in [0, 0.1) is 17.8 Å². The molecule has 32 heavy (non-hydrogen) atoms. The van der Waals surface area contributed by atoms with E-state index in [0.717, 1.165) is 17.3 Å². The predicted molar refractivity (Wildman–Crippen MR) is 129 cm³/mol. The number of hydrogen-bond donors (Lipinski definition) is 3. The van der Waals surface area contributed by atoms with Crippen molar-refractivity contribution in [2.24, 2.45) is 23.5 Å². The van der Waals surface area contributed by atoms with Gasteiger partial charge in [0.15, 0.2) is 5.12 Å². The van der Waals surface area contributed by atoms with Gasteiger partial charge >= 0.3 is 0 Å². The van der Waals surface area contributed by atoms with Crippen LogP contribution in [0.5, 0.6) is 0 Å². The van der Waals surface area contributed by atoms with Crippen molar-refractivity contribution in [1.82, 2.24) is 10.6 Å². The van der Waals surface area contributed by atoms with Gasteiger partial charge in [-0.25, -0.2) is 0 Å². The highest BCUT2D eigenvalue weighted by Gasteiger charge is 2.29. The van der Waals surface area contributed by atoms with Crippen LogP contribution in [0.2, 0.25) is 0 Å². The Hall–Kier alpha value is -2.35. The Labute approximate surface area is 195 Å². The molecular weight excluding hydrogens is 426 g/mol. The molecule has 7 nitrogen and oxygen atoms in total. The Morgan fingerprint density at radius 1 is 0.875 bits per heavy atom. The normalized spacial score (nSPS) is 14.0. The van der Waals surface area contributed by atoms with Crippen molar-refractivity contribution in [2.75, 3.05) is 5.75 Å². The molecule has 1 rings (SSSR count). The van der Waals surface area contributed by atoms with Crippen molar-refractivity contribution in [1.29, 1.82) is 0 Å². The summed E-state index contributed by atoms with van der Waals surface area (Å²) in [4.78, 5) is 49.4. The van der Waals surface area contributed by atoms with Crippen LogP contribution < -0.4 is 16.4 Å². The molecule has 0 saturated carbocycles. The van der Waals surface area contributed by atoms with Gasteiger partial charge in [-0.3, -0.25) is 19.2 Å². The highest BCUT2D eigenvalue weighted by Crippen LogP contribution is 2.19. The van der Waals surface area contributed by atoms with Crippen LogP contribution in [0.15, 0.2) is 30.3 Å². The van der Waals surface area contributed by atoms with E-state index in [1.165, 1.54) is 6.92 Å². The number of rotatable bonds is 13. The van der Waals surface area contributed by atoms with Gasteiger partial charge in [-0.15, -0.1) is 0 Å². The number of hydrogen-bond acceptors (Lipinski definition) is 5. The summed E-state index contributed by atoms with van der Waals surface area (Å²) in [5.74, 6) is -0.961. The molecule has 0 fully saturated rings. The Morgan fingerprint density at radius 3 is 1.94 bits per heavy atom. The number of nitrogens with one attached hydrogen (secondary N) is 2. The van der Waals surface area contributed by atoms with Gasteiger partial charge in [-0.05, 0) is 30.2 Å². The molecule has 0 spiro atoms. The van der Waals surface area contributed by atoms with E-state index in [0.29, 0.717) is 18.6 Å². The molecule has 178 valence electrons. The number of carbonyl (C=O) groups excluding carboxylic acids is 4. The standard InChI is InChI=1S/C24H37N3O4S/c1-15(2)11-19(14-32-17(5)28)23(30)27-21(13-18-9-7-6-8-10-18)24(31)26-20(22(25)29)12-16(3)4/h6-10,15-16,19-21H,11-14H2,1-5H3,(H2,25,29)(H,26,31)(H,27,30)/t19?,20-,21-/m0/s1.